The standard InChI is InChI=1S/C26H31FN2O/c1-25(2,3)26(23-10-5-4-7-19(23)16-24(26)29-30)14-13-22-12-11-20(17-28-22)18-8-6-9-21(27)15-18/h6,8-9,11-15,17,19,23,30H,4-5,7,10,16H2,1-3H3/b14-13+,29-24?/t19-,23-,26-/m1/s1. The number of allylic oxidation sites excluding steroid dienone is 1. The lowest BCUT2D eigenvalue weighted by atomic mass is 9.57. The lowest BCUT2D eigenvalue weighted by molar-refractivity contribution is 0.0955. The molecule has 1 aromatic heterocycles. The van der Waals surface area contributed by atoms with Crippen molar-refractivity contribution in [1.29, 1.82) is 0 Å². The van der Waals surface area contributed by atoms with Gasteiger partial charge in [-0.25, -0.2) is 4.39 Å². The van der Waals surface area contributed by atoms with Gasteiger partial charge in [0.05, 0.1) is 11.4 Å². The first-order valence-corrected chi connectivity index (χ1v) is 11.0. The van der Waals surface area contributed by atoms with Crippen LogP contribution in [-0.4, -0.2) is 15.9 Å². The number of hydrogen-bond donors (Lipinski definition) is 1. The maximum Gasteiger partial charge on any atom is 0.123 e. The molecule has 1 N–H and O–H groups in total. The van der Waals surface area contributed by atoms with Crippen LogP contribution in [0, 0.1) is 28.5 Å². The normalized spacial score (nSPS) is 28.2. The summed E-state index contributed by atoms with van der Waals surface area (Å²) in [7, 11) is 0. The van der Waals surface area contributed by atoms with Gasteiger partial charge >= 0.3 is 0 Å². The second-order valence-corrected chi connectivity index (χ2v) is 9.84. The third-order valence-electron chi connectivity index (χ3n) is 7.25. The second kappa shape index (κ2) is 7.98. The molecule has 2 fully saturated rings. The van der Waals surface area contributed by atoms with Crippen LogP contribution in [0.2, 0.25) is 0 Å². The van der Waals surface area contributed by atoms with E-state index in [0.717, 1.165) is 29.0 Å². The number of pyridine rings is 1. The van der Waals surface area contributed by atoms with Crippen LogP contribution in [0.1, 0.15) is 58.6 Å². The van der Waals surface area contributed by atoms with Crippen molar-refractivity contribution in [2.45, 2.75) is 52.9 Å². The summed E-state index contributed by atoms with van der Waals surface area (Å²) in [5, 5.41) is 13.7. The molecule has 0 bridgehead atoms. The number of aromatic nitrogens is 1. The summed E-state index contributed by atoms with van der Waals surface area (Å²) in [6, 6.07) is 10.5. The maximum absolute atomic E-state index is 13.5. The maximum atomic E-state index is 13.5. The molecular formula is C26H31FN2O. The molecule has 0 amide bonds. The van der Waals surface area contributed by atoms with Gasteiger partial charge in [-0.15, -0.1) is 0 Å². The van der Waals surface area contributed by atoms with E-state index in [1.807, 2.05) is 18.2 Å². The molecule has 0 unspecified atom stereocenters. The van der Waals surface area contributed by atoms with E-state index in [9.17, 15) is 9.60 Å². The van der Waals surface area contributed by atoms with E-state index < -0.39 is 0 Å². The fraction of sp³-hybridized carbons (Fsp3) is 0.462. The van der Waals surface area contributed by atoms with Crippen molar-refractivity contribution < 1.29 is 9.60 Å². The van der Waals surface area contributed by atoms with Gasteiger partial charge in [0.1, 0.15) is 5.82 Å². The van der Waals surface area contributed by atoms with E-state index in [-0.39, 0.29) is 16.6 Å². The first-order chi connectivity index (χ1) is 14.3. The number of hydrogen-bond acceptors (Lipinski definition) is 3. The predicted molar refractivity (Wildman–Crippen MR) is 120 cm³/mol. The summed E-state index contributed by atoms with van der Waals surface area (Å²) in [6.45, 7) is 6.75. The molecular weight excluding hydrogens is 375 g/mol. The number of fused-ring (bicyclic) bond motifs is 1. The molecule has 1 heterocycles. The molecule has 158 valence electrons. The number of nitrogens with zero attached hydrogens (tertiary/aromatic N) is 2. The molecule has 0 saturated heterocycles. The van der Waals surface area contributed by atoms with Crippen molar-refractivity contribution in [1.82, 2.24) is 4.98 Å². The molecule has 0 aliphatic heterocycles. The van der Waals surface area contributed by atoms with Crippen molar-refractivity contribution in [3.05, 3.63) is 60.2 Å². The summed E-state index contributed by atoms with van der Waals surface area (Å²) >= 11 is 0. The minimum absolute atomic E-state index is 0.0661. The molecule has 4 rings (SSSR count). The Morgan fingerprint density at radius 3 is 2.60 bits per heavy atom. The van der Waals surface area contributed by atoms with Gasteiger partial charge in [0.25, 0.3) is 0 Å². The van der Waals surface area contributed by atoms with E-state index in [0.29, 0.717) is 11.8 Å². The lowest BCUT2D eigenvalue weighted by Gasteiger charge is -2.46. The highest BCUT2D eigenvalue weighted by atomic mass is 19.1. The summed E-state index contributed by atoms with van der Waals surface area (Å²) in [5.41, 5.74) is 3.15. The zero-order valence-corrected chi connectivity index (χ0v) is 18.1. The van der Waals surface area contributed by atoms with E-state index in [4.69, 9.17) is 0 Å². The average molecular weight is 407 g/mol. The van der Waals surface area contributed by atoms with Gasteiger partial charge in [0.2, 0.25) is 0 Å². The Hall–Kier alpha value is -2.49. The van der Waals surface area contributed by atoms with E-state index in [1.54, 1.807) is 12.3 Å². The Bertz CT molecular complexity index is 958. The van der Waals surface area contributed by atoms with Gasteiger partial charge in [-0.05, 0) is 66.4 Å². The second-order valence-electron chi connectivity index (χ2n) is 9.84. The van der Waals surface area contributed by atoms with Crippen molar-refractivity contribution in [3.63, 3.8) is 0 Å². The summed E-state index contributed by atoms with van der Waals surface area (Å²) in [5.74, 6) is 0.847. The number of oxime groups is 1. The molecule has 2 aliphatic rings. The third-order valence-corrected chi connectivity index (χ3v) is 7.25. The first-order valence-electron chi connectivity index (χ1n) is 11.0. The van der Waals surface area contributed by atoms with E-state index in [2.05, 4.69) is 43.1 Å². The van der Waals surface area contributed by atoms with Crippen LogP contribution < -0.4 is 0 Å². The summed E-state index contributed by atoms with van der Waals surface area (Å²) < 4.78 is 13.5. The third kappa shape index (κ3) is 3.57. The highest BCUT2D eigenvalue weighted by Gasteiger charge is 2.57. The van der Waals surface area contributed by atoms with E-state index >= 15 is 0 Å². The minimum atomic E-state index is -0.268. The summed E-state index contributed by atoms with van der Waals surface area (Å²) in [4.78, 5) is 4.60. The number of benzene rings is 1. The monoisotopic (exact) mass is 406 g/mol. The number of halogens is 1. The molecule has 0 spiro atoms. The minimum Gasteiger partial charge on any atom is -0.411 e. The molecule has 0 radical (unpaired) electrons. The van der Waals surface area contributed by atoms with Crippen LogP contribution in [0.25, 0.3) is 17.2 Å². The largest absolute Gasteiger partial charge is 0.411 e. The highest BCUT2D eigenvalue weighted by Crippen LogP contribution is 2.60. The van der Waals surface area contributed by atoms with Gasteiger partial charge in [-0.2, -0.15) is 0 Å². The molecule has 4 heteroatoms. The van der Waals surface area contributed by atoms with Crippen molar-refractivity contribution >= 4 is 11.8 Å². The van der Waals surface area contributed by atoms with Gasteiger partial charge < -0.3 is 5.21 Å². The topological polar surface area (TPSA) is 45.5 Å². The van der Waals surface area contributed by atoms with Crippen molar-refractivity contribution in [2.75, 3.05) is 0 Å². The van der Waals surface area contributed by atoms with Gasteiger partial charge in [-0.3, -0.25) is 4.98 Å². The summed E-state index contributed by atoms with van der Waals surface area (Å²) in [6.07, 6.45) is 11.9. The molecule has 2 saturated carbocycles. The Kier molecular flexibility index (Phi) is 5.52. The molecule has 1 aromatic carbocycles. The molecule has 3 atom stereocenters. The van der Waals surface area contributed by atoms with Crippen molar-refractivity contribution in [2.24, 2.45) is 27.8 Å². The molecule has 2 aromatic rings. The first kappa shape index (κ1) is 20.8. The van der Waals surface area contributed by atoms with Crippen LogP contribution >= 0.6 is 0 Å². The molecule has 30 heavy (non-hydrogen) atoms. The van der Waals surface area contributed by atoms with Crippen LogP contribution in [-0.2, 0) is 0 Å². The number of rotatable bonds is 3. The fourth-order valence-electron chi connectivity index (χ4n) is 5.82. The molecule has 2 aliphatic carbocycles. The Balaban J connectivity index is 1.67. The Morgan fingerprint density at radius 1 is 1.13 bits per heavy atom. The smallest absolute Gasteiger partial charge is 0.123 e. The van der Waals surface area contributed by atoms with Gasteiger partial charge in [-0.1, -0.05) is 63.0 Å². The van der Waals surface area contributed by atoms with Crippen LogP contribution in [0.15, 0.2) is 53.8 Å². The van der Waals surface area contributed by atoms with Crippen molar-refractivity contribution in [3.8, 4) is 11.1 Å². The average Bonchev–Trinajstić information content (AvgIpc) is 3.07. The quantitative estimate of drug-likeness (QED) is 0.442. The van der Waals surface area contributed by atoms with Crippen LogP contribution in [0.5, 0.6) is 0 Å². The fourth-order valence-corrected chi connectivity index (χ4v) is 5.82. The Morgan fingerprint density at radius 2 is 1.93 bits per heavy atom. The predicted octanol–water partition coefficient (Wildman–Crippen LogP) is 6.97. The van der Waals surface area contributed by atoms with Gasteiger partial charge in [0.15, 0.2) is 0 Å². The van der Waals surface area contributed by atoms with Crippen LogP contribution in [0.3, 0.4) is 0 Å². The highest BCUT2D eigenvalue weighted by molar-refractivity contribution is 5.95. The zero-order chi connectivity index (χ0) is 21.4. The molecule has 3 nitrogen and oxygen atoms in total. The van der Waals surface area contributed by atoms with Crippen LogP contribution in [0.4, 0.5) is 4.39 Å². The Labute approximate surface area is 178 Å². The lowest BCUT2D eigenvalue weighted by Crippen LogP contribution is -2.44. The zero-order valence-electron chi connectivity index (χ0n) is 18.1. The SMILES string of the molecule is CC(C)(C)[C@@]1(/C=C/c2ccc(-c3cccc(F)c3)cn2)C(=NO)C[C@H]2CCCC[C@H]21. The van der Waals surface area contributed by atoms with E-state index in [1.165, 1.54) is 37.8 Å². The van der Waals surface area contributed by atoms with Gasteiger partial charge in [0, 0.05) is 17.2 Å².